The van der Waals surface area contributed by atoms with Gasteiger partial charge in [-0.1, -0.05) is 6.07 Å². The molecule has 0 atom stereocenters. The molecule has 1 amide bonds. The predicted molar refractivity (Wildman–Crippen MR) is 112 cm³/mol. The minimum absolute atomic E-state index is 0.125. The molecule has 1 aliphatic heterocycles. The average molecular weight is 454 g/mol. The van der Waals surface area contributed by atoms with Crippen LogP contribution in [-0.4, -0.2) is 13.0 Å². The Bertz CT molecular complexity index is 1340. The first kappa shape index (κ1) is 21.9. The van der Waals surface area contributed by atoms with Crippen LogP contribution in [0.5, 0.6) is 17.2 Å². The molecule has 0 spiro atoms. The Morgan fingerprint density at radius 2 is 1.82 bits per heavy atom. The molecule has 0 radical (unpaired) electrons. The fourth-order valence-corrected chi connectivity index (χ4v) is 3.37. The summed E-state index contributed by atoms with van der Waals surface area (Å²) in [7, 11) is 1.35. The van der Waals surface area contributed by atoms with Gasteiger partial charge < -0.3 is 14.8 Å². The number of alkyl halides is 3. The van der Waals surface area contributed by atoms with Crippen molar-refractivity contribution < 1.29 is 31.8 Å². The van der Waals surface area contributed by atoms with Gasteiger partial charge >= 0.3 is 6.18 Å². The summed E-state index contributed by atoms with van der Waals surface area (Å²) in [5.74, 6) is -0.699. The van der Waals surface area contributed by atoms with Gasteiger partial charge in [0.25, 0.3) is 5.91 Å². The maximum absolute atomic E-state index is 13.6. The van der Waals surface area contributed by atoms with E-state index in [9.17, 15) is 22.4 Å². The maximum Gasteiger partial charge on any atom is 0.417 e. The molecule has 4 rings (SSSR count). The summed E-state index contributed by atoms with van der Waals surface area (Å²) in [5, 5.41) is 11.6. The number of halogens is 4. The molecule has 0 aromatic heterocycles. The Hall–Kier alpha value is -4.32. The largest absolute Gasteiger partial charge is 0.493 e. The quantitative estimate of drug-likeness (QED) is 0.387. The zero-order chi connectivity index (χ0) is 23.8. The third-order valence-electron chi connectivity index (χ3n) is 4.91. The lowest BCUT2D eigenvalue weighted by molar-refractivity contribution is -0.137. The molecule has 0 saturated heterocycles. The van der Waals surface area contributed by atoms with Crippen LogP contribution in [0.3, 0.4) is 0 Å². The van der Waals surface area contributed by atoms with E-state index in [1.54, 1.807) is 6.07 Å². The molecule has 0 fully saturated rings. The lowest BCUT2D eigenvalue weighted by Crippen LogP contribution is -2.08. The molecule has 9 heteroatoms. The van der Waals surface area contributed by atoms with Crippen LogP contribution in [0.2, 0.25) is 0 Å². The highest BCUT2D eigenvalue weighted by Crippen LogP contribution is 2.39. The maximum atomic E-state index is 13.6. The van der Waals surface area contributed by atoms with Crippen molar-refractivity contribution in [3.63, 3.8) is 0 Å². The van der Waals surface area contributed by atoms with Crippen LogP contribution in [0.15, 0.2) is 54.6 Å². The number of carbonyl (C=O) groups is 1. The Labute approximate surface area is 185 Å². The van der Waals surface area contributed by atoms with E-state index in [-0.39, 0.29) is 22.8 Å². The highest BCUT2D eigenvalue weighted by atomic mass is 19.4. The molecular formula is C24H14F4N2O3. The number of amides is 1. The highest BCUT2D eigenvalue weighted by Gasteiger charge is 2.34. The van der Waals surface area contributed by atoms with E-state index >= 15 is 0 Å². The molecule has 166 valence electrons. The topological polar surface area (TPSA) is 71.3 Å². The number of methoxy groups -OCH3 is 1. The molecule has 33 heavy (non-hydrogen) atoms. The molecule has 1 N–H and O–H groups in total. The van der Waals surface area contributed by atoms with E-state index in [0.29, 0.717) is 16.8 Å². The average Bonchev–Trinajstić information content (AvgIpc) is 3.08. The van der Waals surface area contributed by atoms with E-state index in [0.717, 1.165) is 12.1 Å². The molecular weight excluding hydrogens is 440 g/mol. The lowest BCUT2D eigenvalue weighted by Gasteiger charge is -2.14. The number of rotatable bonds is 4. The molecule has 1 heterocycles. The monoisotopic (exact) mass is 454 g/mol. The summed E-state index contributed by atoms with van der Waals surface area (Å²) < 4.78 is 64.1. The third kappa shape index (κ3) is 4.36. The van der Waals surface area contributed by atoms with E-state index in [2.05, 4.69) is 5.32 Å². The summed E-state index contributed by atoms with van der Waals surface area (Å²) in [4.78, 5) is 12.3. The standard InChI is InChI=1S/C24H14F4N2O3/c1-32-22-9-13(8-18-17-10-15(25)4-6-20(17)30-23(18)31)2-7-21(22)33-16-5-3-14(12-29)19(11-16)24(26,27)28/h2-11H,1H3,(H,30,31). The Morgan fingerprint density at radius 3 is 2.52 bits per heavy atom. The number of anilines is 1. The smallest absolute Gasteiger partial charge is 0.417 e. The van der Waals surface area contributed by atoms with Crippen LogP contribution in [0.25, 0.3) is 11.6 Å². The summed E-state index contributed by atoms with van der Waals surface area (Å²) in [5.41, 5.74) is 0.0492. The minimum atomic E-state index is -4.72. The number of hydrogen-bond acceptors (Lipinski definition) is 4. The van der Waals surface area contributed by atoms with Crippen LogP contribution >= 0.6 is 0 Å². The molecule has 3 aromatic carbocycles. The van der Waals surface area contributed by atoms with Gasteiger partial charge in [-0.05, 0) is 60.2 Å². The second-order valence-corrected chi connectivity index (χ2v) is 7.03. The number of carbonyl (C=O) groups excluding carboxylic acids is 1. The molecule has 0 bridgehead atoms. The van der Waals surface area contributed by atoms with Crippen LogP contribution in [0.4, 0.5) is 23.2 Å². The molecule has 0 aliphatic carbocycles. The second kappa shape index (κ2) is 8.31. The van der Waals surface area contributed by atoms with Crippen molar-refractivity contribution in [3.8, 4) is 23.3 Å². The summed E-state index contributed by atoms with van der Waals surface area (Å²) in [6, 6.07) is 13.0. The lowest BCUT2D eigenvalue weighted by atomic mass is 10.0. The molecule has 3 aromatic rings. The Kier molecular flexibility index (Phi) is 5.52. The van der Waals surface area contributed by atoms with Gasteiger partial charge in [-0.25, -0.2) is 4.39 Å². The van der Waals surface area contributed by atoms with Crippen LogP contribution in [0, 0.1) is 17.1 Å². The van der Waals surface area contributed by atoms with Crippen molar-refractivity contribution in [2.45, 2.75) is 6.18 Å². The van der Waals surface area contributed by atoms with Gasteiger partial charge in [-0.2, -0.15) is 18.4 Å². The third-order valence-corrected chi connectivity index (χ3v) is 4.91. The minimum Gasteiger partial charge on any atom is -0.493 e. The Morgan fingerprint density at radius 1 is 1.03 bits per heavy atom. The number of nitriles is 1. The van der Waals surface area contributed by atoms with E-state index in [1.165, 1.54) is 55.7 Å². The first-order valence-corrected chi connectivity index (χ1v) is 9.50. The van der Waals surface area contributed by atoms with E-state index in [4.69, 9.17) is 14.7 Å². The molecule has 0 unspecified atom stereocenters. The van der Waals surface area contributed by atoms with E-state index < -0.39 is 29.0 Å². The zero-order valence-corrected chi connectivity index (χ0v) is 17.0. The van der Waals surface area contributed by atoms with Gasteiger partial charge in [-0.15, -0.1) is 0 Å². The highest BCUT2D eigenvalue weighted by molar-refractivity contribution is 6.34. The van der Waals surface area contributed by atoms with Crippen molar-refractivity contribution in [1.29, 1.82) is 5.26 Å². The van der Waals surface area contributed by atoms with Crippen LogP contribution < -0.4 is 14.8 Å². The first-order chi connectivity index (χ1) is 15.7. The van der Waals surface area contributed by atoms with Crippen LogP contribution in [-0.2, 0) is 11.0 Å². The number of fused-ring (bicyclic) bond motifs is 1. The van der Waals surface area contributed by atoms with Crippen molar-refractivity contribution >= 4 is 23.2 Å². The number of hydrogen-bond donors (Lipinski definition) is 1. The first-order valence-electron chi connectivity index (χ1n) is 9.50. The van der Waals surface area contributed by atoms with Crippen molar-refractivity contribution in [3.05, 3.63) is 82.7 Å². The number of benzene rings is 3. The van der Waals surface area contributed by atoms with Crippen molar-refractivity contribution in [2.75, 3.05) is 12.4 Å². The van der Waals surface area contributed by atoms with Gasteiger partial charge in [0.15, 0.2) is 11.5 Å². The van der Waals surface area contributed by atoms with Gasteiger partial charge in [-0.3, -0.25) is 4.79 Å². The fourth-order valence-electron chi connectivity index (χ4n) is 3.37. The predicted octanol–water partition coefficient (Wildman–Crippen LogP) is 6.01. The van der Waals surface area contributed by atoms with Gasteiger partial charge in [0.1, 0.15) is 11.6 Å². The summed E-state index contributed by atoms with van der Waals surface area (Å²) >= 11 is 0. The fraction of sp³-hybridized carbons (Fsp3) is 0.0833. The molecule has 1 aliphatic rings. The molecule has 0 saturated carbocycles. The Balaban J connectivity index is 1.67. The number of ether oxygens (including phenoxy) is 2. The zero-order valence-electron chi connectivity index (χ0n) is 17.0. The van der Waals surface area contributed by atoms with Crippen LogP contribution in [0.1, 0.15) is 22.3 Å². The molecule has 5 nitrogen and oxygen atoms in total. The second-order valence-electron chi connectivity index (χ2n) is 7.03. The van der Waals surface area contributed by atoms with Crippen molar-refractivity contribution in [1.82, 2.24) is 0 Å². The number of nitrogens with one attached hydrogen (secondary N) is 1. The van der Waals surface area contributed by atoms with Crippen molar-refractivity contribution in [2.24, 2.45) is 0 Å². The van der Waals surface area contributed by atoms with Gasteiger partial charge in [0.2, 0.25) is 0 Å². The normalized spacial score (nSPS) is 13.9. The van der Waals surface area contributed by atoms with E-state index in [1.807, 2.05) is 0 Å². The van der Waals surface area contributed by atoms with Gasteiger partial charge in [0.05, 0.1) is 24.3 Å². The number of nitrogens with zero attached hydrogens (tertiary/aromatic N) is 1. The summed E-state index contributed by atoms with van der Waals surface area (Å²) in [6.07, 6.45) is -3.18. The summed E-state index contributed by atoms with van der Waals surface area (Å²) in [6.45, 7) is 0. The SMILES string of the molecule is COc1cc(C=C2C(=O)Nc3ccc(F)cc32)ccc1Oc1ccc(C#N)c(C(F)(F)F)c1. The van der Waals surface area contributed by atoms with Gasteiger partial charge in [0, 0.05) is 16.8 Å².